The summed E-state index contributed by atoms with van der Waals surface area (Å²) >= 11 is 0. The molecule has 0 aromatic rings. The topological polar surface area (TPSA) is 27.3 Å². The second-order valence-corrected chi connectivity index (χ2v) is 5.39. The van der Waals surface area contributed by atoms with Crippen molar-refractivity contribution in [2.24, 2.45) is 5.92 Å². The minimum atomic E-state index is 0.710. The molecule has 0 spiro atoms. The molecule has 3 nitrogen and oxygen atoms in total. The summed E-state index contributed by atoms with van der Waals surface area (Å²) in [6.45, 7) is 10.7. The molecule has 2 heterocycles. The maximum absolute atomic E-state index is 3.73. The molecule has 3 unspecified atom stereocenters. The van der Waals surface area contributed by atoms with Crippen LogP contribution in [0.4, 0.5) is 0 Å². The summed E-state index contributed by atoms with van der Waals surface area (Å²) in [6.07, 6.45) is 2.70. The molecule has 2 rings (SSSR count). The van der Waals surface area contributed by atoms with Crippen LogP contribution in [0.1, 0.15) is 26.7 Å². The first-order chi connectivity index (χ1) is 7.24. The van der Waals surface area contributed by atoms with Crippen LogP contribution < -0.4 is 10.6 Å². The summed E-state index contributed by atoms with van der Waals surface area (Å²) in [5, 5.41) is 7.14. The number of piperazine rings is 1. The molecule has 2 saturated heterocycles. The molecule has 0 aromatic carbocycles. The van der Waals surface area contributed by atoms with Crippen molar-refractivity contribution in [1.82, 2.24) is 15.5 Å². The number of piperidine rings is 1. The first kappa shape index (κ1) is 11.4. The summed E-state index contributed by atoms with van der Waals surface area (Å²) in [4.78, 5) is 2.60. The van der Waals surface area contributed by atoms with Gasteiger partial charge >= 0.3 is 0 Å². The molecule has 3 heteroatoms. The van der Waals surface area contributed by atoms with Crippen LogP contribution in [0.15, 0.2) is 0 Å². The fourth-order valence-electron chi connectivity index (χ4n) is 3.06. The lowest BCUT2D eigenvalue weighted by atomic mass is 9.89. The van der Waals surface area contributed by atoms with Gasteiger partial charge in [-0.2, -0.15) is 0 Å². The molecule has 3 atom stereocenters. The van der Waals surface area contributed by atoms with Gasteiger partial charge in [-0.05, 0) is 25.7 Å². The van der Waals surface area contributed by atoms with Crippen LogP contribution in [-0.4, -0.2) is 49.7 Å². The molecular weight excluding hydrogens is 186 g/mol. The van der Waals surface area contributed by atoms with Crippen LogP contribution in [0.3, 0.4) is 0 Å². The van der Waals surface area contributed by atoms with Gasteiger partial charge in [0.05, 0.1) is 0 Å². The van der Waals surface area contributed by atoms with Gasteiger partial charge in [0.2, 0.25) is 0 Å². The Labute approximate surface area is 93.6 Å². The van der Waals surface area contributed by atoms with Gasteiger partial charge in [-0.3, -0.25) is 4.90 Å². The van der Waals surface area contributed by atoms with Crippen LogP contribution in [-0.2, 0) is 0 Å². The van der Waals surface area contributed by atoms with E-state index in [1.165, 1.54) is 32.5 Å². The van der Waals surface area contributed by atoms with Gasteiger partial charge in [-0.1, -0.05) is 6.92 Å². The largest absolute Gasteiger partial charge is 0.314 e. The summed E-state index contributed by atoms with van der Waals surface area (Å²) < 4.78 is 0. The summed E-state index contributed by atoms with van der Waals surface area (Å²) in [5.74, 6) is 0.897. The molecule has 2 fully saturated rings. The number of rotatable bonds is 2. The molecular formula is C12H25N3. The van der Waals surface area contributed by atoms with E-state index in [0.29, 0.717) is 6.04 Å². The van der Waals surface area contributed by atoms with Gasteiger partial charge in [-0.15, -0.1) is 0 Å². The van der Waals surface area contributed by atoms with E-state index in [-0.39, 0.29) is 0 Å². The van der Waals surface area contributed by atoms with E-state index in [9.17, 15) is 0 Å². The van der Waals surface area contributed by atoms with Crippen LogP contribution in [0, 0.1) is 5.92 Å². The highest BCUT2D eigenvalue weighted by atomic mass is 15.2. The van der Waals surface area contributed by atoms with Crippen molar-refractivity contribution in [3.05, 3.63) is 0 Å². The van der Waals surface area contributed by atoms with E-state index in [4.69, 9.17) is 0 Å². The van der Waals surface area contributed by atoms with E-state index < -0.39 is 0 Å². The summed E-state index contributed by atoms with van der Waals surface area (Å²) in [7, 11) is 0. The van der Waals surface area contributed by atoms with E-state index in [1.807, 2.05) is 0 Å². The Hall–Kier alpha value is -0.120. The van der Waals surface area contributed by atoms with E-state index in [2.05, 4.69) is 29.4 Å². The van der Waals surface area contributed by atoms with E-state index >= 15 is 0 Å². The average Bonchev–Trinajstić information content (AvgIpc) is 2.17. The van der Waals surface area contributed by atoms with E-state index in [0.717, 1.165) is 25.0 Å². The zero-order chi connectivity index (χ0) is 10.7. The molecule has 0 aliphatic carbocycles. The second-order valence-electron chi connectivity index (χ2n) is 5.39. The van der Waals surface area contributed by atoms with Crippen molar-refractivity contribution in [3.63, 3.8) is 0 Å². The quantitative estimate of drug-likeness (QED) is 0.703. The van der Waals surface area contributed by atoms with E-state index in [1.54, 1.807) is 0 Å². The maximum atomic E-state index is 3.73. The third kappa shape index (κ3) is 3.44. The summed E-state index contributed by atoms with van der Waals surface area (Å²) in [6, 6.07) is 1.43. The van der Waals surface area contributed by atoms with Crippen molar-refractivity contribution in [1.29, 1.82) is 0 Å². The van der Waals surface area contributed by atoms with Gasteiger partial charge in [0.25, 0.3) is 0 Å². The third-order valence-electron chi connectivity index (χ3n) is 3.65. The van der Waals surface area contributed by atoms with Crippen molar-refractivity contribution < 1.29 is 0 Å². The predicted octanol–water partition coefficient (Wildman–Crippen LogP) is 0.668. The maximum Gasteiger partial charge on any atom is 0.0200 e. The van der Waals surface area contributed by atoms with Gasteiger partial charge in [0.15, 0.2) is 0 Å². The number of nitrogens with one attached hydrogen (secondary N) is 2. The Morgan fingerprint density at radius 2 is 1.87 bits per heavy atom. The van der Waals surface area contributed by atoms with Crippen molar-refractivity contribution >= 4 is 0 Å². The van der Waals surface area contributed by atoms with Crippen molar-refractivity contribution in [2.75, 3.05) is 32.7 Å². The van der Waals surface area contributed by atoms with Gasteiger partial charge in [0.1, 0.15) is 0 Å². The Kier molecular flexibility index (Phi) is 4.00. The van der Waals surface area contributed by atoms with Crippen molar-refractivity contribution in [3.8, 4) is 0 Å². The first-order valence-corrected chi connectivity index (χ1v) is 6.43. The average molecular weight is 211 g/mol. The standard InChI is InChI=1S/C12H25N3/c1-10-7-11(2)14-12(8-10)9-15-5-3-13-4-6-15/h10-14H,3-9H2,1-2H3. The van der Waals surface area contributed by atoms with Gasteiger partial charge in [0, 0.05) is 44.8 Å². The Morgan fingerprint density at radius 3 is 2.53 bits per heavy atom. The molecule has 0 bridgehead atoms. The second kappa shape index (κ2) is 5.28. The minimum absolute atomic E-state index is 0.710. The molecule has 0 radical (unpaired) electrons. The van der Waals surface area contributed by atoms with Crippen LogP contribution in [0.5, 0.6) is 0 Å². The smallest absolute Gasteiger partial charge is 0.0200 e. The Morgan fingerprint density at radius 1 is 1.13 bits per heavy atom. The number of nitrogens with zero attached hydrogens (tertiary/aromatic N) is 1. The highest BCUT2D eigenvalue weighted by Crippen LogP contribution is 2.19. The van der Waals surface area contributed by atoms with Gasteiger partial charge < -0.3 is 10.6 Å². The lowest BCUT2D eigenvalue weighted by Crippen LogP contribution is -2.53. The molecule has 0 saturated carbocycles. The Bertz CT molecular complexity index is 179. The van der Waals surface area contributed by atoms with Crippen LogP contribution in [0.2, 0.25) is 0 Å². The Balaban J connectivity index is 1.77. The van der Waals surface area contributed by atoms with Crippen molar-refractivity contribution in [2.45, 2.75) is 38.8 Å². The lowest BCUT2D eigenvalue weighted by Gasteiger charge is -2.37. The SMILES string of the molecule is CC1CC(C)NC(CN2CCNCC2)C1. The zero-order valence-corrected chi connectivity index (χ0v) is 10.1. The predicted molar refractivity (Wildman–Crippen MR) is 64.1 cm³/mol. The monoisotopic (exact) mass is 211 g/mol. The molecule has 2 aliphatic heterocycles. The molecule has 2 aliphatic rings. The fraction of sp³-hybridized carbons (Fsp3) is 1.00. The fourth-order valence-corrected chi connectivity index (χ4v) is 3.06. The highest BCUT2D eigenvalue weighted by molar-refractivity contribution is 4.84. The molecule has 0 aromatic heterocycles. The highest BCUT2D eigenvalue weighted by Gasteiger charge is 2.24. The van der Waals surface area contributed by atoms with Crippen LogP contribution in [0.25, 0.3) is 0 Å². The molecule has 2 N–H and O–H groups in total. The number of hydrogen-bond acceptors (Lipinski definition) is 3. The minimum Gasteiger partial charge on any atom is -0.314 e. The lowest BCUT2D eigenvalue weighted by molar-refractivity contribution is 0.172. The third-order valence-corrected chi connectivity index (χ3v) is 3.65. The molecule has 15 heavy (non-hydrogen) atoms. The zero-order valence-electron chi connectivity index (χ0n) is 10.1. The van der Waals surface area contributed by atoms with Crippen LogP contribution >= 0.6 is 0 Å². The summed E-state index contributed by atoms with van der Waals surface area (Å²) in [5.41, 5.74) is 0. The first-order valence-electron chi connectivity index (χ1n) is 6.43. The normalized spacial score (nSPS) is 39.2. The number of hydrogen-bond donors (Lipinski definition) is 2. The molecule has 88 valence electrons. The molecule has 0 amide bonds. The van der Waals surface area contributed by atoms with Gasteiger partial charge in [-0.25, -0.2) is 0 Å².